The Morgan fingerprint density at radius 2 is 1.89 bits per heavy atom. The van der Waals surface area contributed by atoms with Gasteiger partial charge in [-0.3, -0.25) is 4.90 Å². The molecule has 3 rings (SSSR count). The van der Waals surface area contributed by atoms with Crippen LogP contribution in [0.3, 0.4) is 0 Å². The normalized spacial score (nSPS) is 16.8. The number of ether oxygens (including phenoxy) is 2. The molecule has 2 aromatic carbocycles. The largest absolute Gasteiger partial charge is 0.497 e. The summed E-state index contributed by atoms with van der Waals surface area (Å²) in [5, 5.41) is 9.88. The highest BCUT2D eigenvalue weighted by Crippen LogP contribution is 2.37. The molecule has 1 heterocycles. The first kappa shape index (κ1) is 19.9. The van der Waals surface area contributed by atoms with Crippen LogP contribution in [0.15, 0.2) is 36.4 Å². The number of methoxy groups -OCH3 is 2. The summed E-state index contributed by atoms with van der Waals surface area (Å²) in [7, 11) is 5.06. The zero-order chi connectivity index (χ0) is 20.3. The average molecular weight is 388 g/mol. The van der Waals surface area contributed by atoms with Gasteiger partial charge in [-0.2, -0.15) is 0 Å². The van der Waals surface area contributed by atoms with Crippen molar-refractivity contribution in [3.05, 3.63) is 42.2 Å². The number of nitrogens with zero attached hydrogens (tertiary/aromatic N) is 2. The summed E-state index contributed by atoms with van der Waals surface area (Å²) in [6, 6.07) is 9.46. The van der Waals surface area contributed by atoms with Crippen molar-refractivity contribution in [2.24, 2.45) is 0 Å². The Morgan fingerprint density at radius 3 is 2.43 bits per heavy atom. The van der Waals surface area contributed by atoms with Gasteiger partial charge >= 0.3 is 6.09 Å². The van der Waals surface area contributed by atoms with Crippen molar-refractivity contribution < 1.29 is 23.8 Å². The summed E-state index contributed by atoms with van der Waals surface area (Å²) in [4.78, 5) is 15.5. The third-order valence-electron chi connectivity index (χ3n) is 5.21. The van der Waals surface area contributed by atoms with Gasteiger partial charge in [0.1, 0.15) is 17.3 Å². The second-order valence-corrected chi connectivity index (χ2v) is 6.93. The summed E-state index contributed by atoms with van der Waals surface area (Å²) < 4.78 is 24.7. The predicted molar refractivity (Wildman–Crippen MR) is 106 cm³/mol. The lowest BCUT2D eigenvalue weighted by Gasteiger charge is -2.28. The first-order chi connectivity index (χ1) is 13.4. The molecule has 28 heavy (non-hydrogen) atoms. The number of benzene rings is 2. The fourth-order valence-corrected chi connectivity index (χ4v) is 3.64. The van der Waals surface area contributed by atoms with Crippen molar-refractivity contribution in [2.75, 3.05) is 39.3 Å². The molecule has 0 aliphatic carbocycles. The van der Waals surface area contributed by atoms with Gasteiger partial charge in [0, 0.05) is 24.2 Å². The summed E-state index contributed by atoms with van der Waals surface area (Å²) in [6.07, 6.45) is 0.907. The molecule has 1 saturated heterocycles. The number of hydrogen-bond donors (Lipinski definition) is 1. The van der Waals surface area contributed by atoms with Crippen molar-refractivity contribution in [1.82, 2.24) is 4.90 Å². The standard InChI is InChI=1S/C21H25FN2O4/c1-23-8-4-5-16(23)13-24(21(25)26)20-7-6-15(22)11-19(20)14-9-17(27-2)12-18(10-14)28-3/h6-7,9-12,16H,4-5,8,13H2,1-3H3,(H,25,26). The van der Waals surface area contributed by atoms with Crippen LogP contribution in [0.4, 0.5) is 14.9 Å². The highest BCUT2D eigenvalue weighted by molar-refractivity contribution is 5.93. The van der Waals surface area contributed by atoms with Gasteiger partial charge in [0.25, 0.3) is 0 Å². The second kappa shape index (κ2) is 8.48. The van der Waals surface area contributed by atoms with E-state index in [-0.39, 0.29) is 6.04 Å². The summed E-state index contributed by atoms with van der Waals surface area (Å²) in [5.41, 5.74) is 1.53. The molecule has 2 aromatic rings. The number of carbonyl (C=O) groups is 1. The highest BCUT2D eigenvalue weighted by atomic mass is 19.1. The number of carboxylic acid groups (broad SMARTS) is 1. The van der Waals surface area contributed by atoms with E-state index < -0.39 is 11.9 Å². The van der Waals surface area contributed by atoms with Crippen molar-refractivity contribution in [2.45, 2.75) is 18.9 Å². The molecule has 150 valence electrons. The number of halogens is 1. The van der Waals surface area contributed by atoms with Crippen molar-refractivity contribution in [1.29, 1.82) is 0 Å². The molecule has 1 amide bonds. The lowest BCUT2D eigenvalue weighted by atomic mass is 10.0. The first-order valence-electron chi connectivity index (χ1n) is 9.16. The molecule has 0 aromatic heterocycles. The zero-order valence-corrected chi connectivity index (χ0v) is 16.3. The average Bonchev–Trinajstić information content (AvgIpc) is 3.10. The monoisotopic (exact) mass is 388 g/mol. The number of amides is 1. The van der Waals surface area contributed by atoms with E-state index in [1.165, 1.54) is 37.3 Å². The van der Waals surface area contributed by atoms with Gasteiger partial charge in [-0.15, -0.1) is 0 Å². The topological polar surface area (TPSA) is 62.2 Å². The maximum absolute atomic E-state index is 14.1. The first-order valence-corrected chi connectivity index (χ1v) is 9.16. The van der Waals surface area contributed by atoms with E-state index in [0.29, 0.717) is 34.9 Å². The summed E-state index contributed by atoms with van der Waals surface area (Å²) >= 11 is 0. The minimum absolute atomic E-state index is 0.133. The minimum Gasteiger partial charge on any atom is -0.497 e. The van der Waals surface area contributed by atoms with Crippen molar-refractivity contribution in [3.8, 4) is 22.6 Å². The van der Waals surface area contributed by atoms with Crippen LogP contribution in [0.2, 0.25) is 0 Å². The Labute approximate surface area is 164 Å². The summed E-state index contributed by atoms with van der Waals surface area (Å²) in [5.74, 6) is 0.646. The highest BCUT2D eigenvalue weighted by Gasteiger charge is 2.28. The fourth-order valence-electron chi connectivity index (χ4n) is 3.64. The maximum Gasteiger partial charge on any atom is 0.411 e. The molecule has 0 radical (unpaired) electrons. The number of likely N-dealkylation sites (tertiary alicyclic amines) is 1. The Kier molecular flexibility index (Phi) is 6.04. The zero-order valence-electron chi connectivity index (χ0n) is 16.3. The van der Waals surface area contributed by atoms with E-state index >= 15 is 0 Å². The van der Waals surface area contributed by atoms with Gasteiger partial charge in [-0.1, -0.05) is 0 Å². The molecule has 1 aliphatic rings. The van der Waals surface area contributed by atoms with Crippen molar-refractivity contribution >= 4 is 11.8 Å². The number of rotatable bonds is 6. The van der Waals surface area contributed by atoms with Crippen LogP contribution in [-0.2, 0) is 0 Å². The van der Waals surface area contributed by atoms with Crippen molar-refractivity contribution in [3.63, 3.8) is 0 Å². The third kappa shape index (κ3) is 4.20. The van der Waals surface area contributed by atoms with Crippen LogP contribution >= 0.6 is 0 Å². The third-order valence-corrected chi connectivity index (χ3v) is 5.21. The Bertz CT molecular complexity index is 836. The molecular weight excluding hydrogens is 363 g/mol. The molecule has 0 saturated carbocycles. The smallest absolute Gasteiger partial charge is 0.411 e. The minimum atomic E-state index is -1.07. The Morgan fingerprint density at radius 1 is 1.21 bits per heavy atom. The molecule has 1 atom stereocenters. The van der Waals surface area contributed by atoms with Crippen LogP contribution in [0, 0.1) is 5.82 Å². The van der Waals surface area contributed by atoms with Crippen LogP contribution in [0.1, 0.15) is 12.8 Å². The number of likely N-dealkylation sites (N-methyl/N-ethyl adjacent to an activating group) is 1. The molecule has 1 fully saturated rings. The van der Waals surface area contributed by atoms with Gasteiger partial charge in [-0.05, 0) is 62.3 Å². The maximum atomic E-state index is 14.1. The van der Waals surface area contributed by atoms with Crippen LogP contribution in [-0.4, -0.2) is 56.5 Å². The van der Waals surface area contributed by atoms with Gasteiger partial charge < -0.3 is 19.5 Å². The van der Waals surface area contributed by atoms with E-state index in [9.17, 15) is 14.3 Å². The van der Waals surface area contributed by atoms with Crippen LogP contribution < -0.4 is 14.4 Å². The molecule has 0 spiro atoms. The quantitative estimate of drug-likeness (QED) is 0.808. The Hall–Kier alpha value is -2.80. The van der Waals surface area contributed by atoms with E-state index in [4.69, 9.17) is 9.47 Å². The number of anilines is 1. The molecule has 6 nitrogen and oxygen atoms in total. The number of hydrogen-bond acceptors (Lipinski definition) is 4. The molecule has 1 unspecified atom stereocenters. The SMILES string of the molecule is COc1cc(OC)cc(-c2cc(F)ccc2N(CC2CCCN2C)C(=O)O)c1. The van der Waals surface area contributed by atoms with Gasteiger partial charge in [0.15, 0.2) is 0 Å². The van der Waals surface area contributed by atoms with Gasteiger partial charge in [-0.25, -0.2) is 9.18 Å². The van der Waals surface area contributed by atoms with Gasteiger partial charge in [0.2, 0.25) is 0 Å². The van der Waals surface area contributed by atoms with E-state index in [1.54, 1.807) is 18.2 Å². The molecule has 0 bridgehead atoms. The van der Waals surface area contributed by atoms with Crippen LogP contribution in [0.25, 0.3) is 11.1 Å². The van der Waals surface area contributed by atoms with E-state index in [1.807, 2.05) is 7.05 Å². The molecule has 1 N–H and O–H groups in total. The molecule has 1 aliphatic heterocycles. The van der Waals surface area contributed by atoms with E-state index in [2.05, 4.69) is 4.90 Å². The Balaban J connectivity index is 2.07. The lowest BCUT2D eigenvalue weighted by molar-refractivity contribution is 0.198. The second-order valence-electron chi connectivity index (χ2n) is 6.93. The predicted octanol–water partition coefficient (Wildman–Crippen LogP) is 4.09. The van der Waals surface area contributed by atoms with Crippen LogP contribution in [0.5, 0.6) is 11.5 Å². The lowest BCUT2D eigenvalue weighted by Crippen LogP contribution is -2.41. The van der Waals surface area contributed by atoms with E-state index in [0.717, 1.165) is 19.4 Å². The molecule has 7 heteroatoms. The van der Waals surface area contributed by atoms with Gasteiger partial charge in [0.05, 0.1) is 19.9 Å². The summed E-state index contributed by atoms with van der Waals surface area (Å²) in [6.45, 7) is 1.27. The molecular formula is C21H25FN2O4. The fraction of sp³-hybridized carbons (Fsp3) is 0.381.